The average Bonchev–Trinajstić information content (AvgIpc) is 3.57. The second-order valence-electron chi connectivity index (χ2n) is 9.68. The van der Waals surface area contributed by atoms with E-state index in [-0.39, 0.29) is 24.4 Å². The van der Waals surface area contributed by atoms with E-state index in [1.54, 1.807) is 17.3 Å². The molecule has 1 saturated heterocycles. The minimum Gasteiger partial charge on any atom is -0.361 e. The molecule has 2 aromatic rings. The van der Waals surface area contributed by atoms with E-state index in [2.05, 4.69) is 16.4 Å². The van der Waals surface area contributed by atoms with Gasteiger partial charge in [-0.1, -0.05) is 45.0 Å². The van der Waals surface area contributed by atoms with Gasteiger partial charge in [-0.2, -0.15) is 0 Å². The normalized spacial score (nSPS) is 21.6. The Morgan fingerprint density at radius 2 is 1.90 bits per heavy atom. The number of carbonyl (C=O) groups excluding carboxylic acids is 2. The molecule has 1 N–H and O–H groups in total. The van der Waals surface area contributed by atoms with Gasteiger partial charge in [0, 0.05) is 36.8 Å². The van der Waals surface area contributed by atoms with Crippen LogP contribution in [0, 0.1) is 5.41 Å². The molecule has 1 aliphatic heterocycles. The van der Waals surface area contributed by atoms with Gasteiger partial charge in [-0.3, -0.25) is 14.6 Å². The standard InChI is InChI=1S/C25H31N3O3/c1-24(2,3)23(30)28-13-14-31-25(17-28,22(29)27-21-7-8-21)16-18-5-4-6-20(15-18)19-9-11-26-12-10-19/h4-6,9-12,15,21H,7-8,13-14,16-17H2,1-3H3,(H,27,29). The van der Waals surface area contributed by atoms with Crippen molar-refractivity contribution in [3.05, 3.63) is 54.4 Å². The van der Waals surface area contributed by atoms with Crippen molar-refractivity contribution in [3.8, 4) is 11.1 Å². The van der Waals surface area contributed by atoms with Gasteiger partial charge in [0.2, 0.25) is 5.91 Å². The zero-order valence-electron chi connectivity index (χ0n) is 18.6. The second-order valence-corrected chi connectivity index (χ2v) is 9.68. The highest BCUT2D eigenvalue weighted by Gasteiger charge is 2.47. The van der Waals surface area contributed by atoms with Crippen LogP contribution in [0.25, 0.3) is 11.1 Å². The van der Waals surface area contributed by atoms with Crippen LogP contribution in [-0.2, 0) is 20.7 Å². The summed E-state index contributed by atoms with van der Waals surface area (Å²) >= 11 is 0. The van der Waals surface area contributed by atoms with Crippen molar-refractivity contribution in [2.24, 2.45) is 5.41 Å². The largest absolute Gasteiger partial charge is 0.361 e. The summed E-state index contributed by atoms with van der Waals surface area (Å²) in [7, 11) is 0. The summed E-state index contributed by atoms with van der Waals surface area (Å²) in [5.74, 6) is -0.0688. The van der Waals surface area contributed by atoms with E-state index < -0.39 is 11.0 Å². The van der Waals surface area contributed by atoms with Crippen LogP contribution in [-0.4, -0.2) is 53.0 Å². The molecule has 0 spiro atoms. The number of benzene rings is 1. The number of nitrogens with zero attached hydrogens (tertiary/aromatic N) is 2. The molecule has 4 rings (SSSR count). The number of nitrogens with one attached hydrogen (secondary N) is 1. The Labute approximate surface area is 184 Å². The molecule has 1 aliphatic carbocycles. The number of hydrogen-bond acceptors (Lipinski definition) is 4. The summed E-state index contributed by atoms with van der Waals surface area (Å²) in [6.45, 7) is 6.86. The zero-order valence-corrected chi connectivity index (χ0v) is 18.6. The van der Waals surface area contributed by atoms with Gasteiger partial charge in [-0.05, 0) is 41.7 Å². The van der Waals surface area contributed by atoms with Crippen molar-refractivity contribution in [1.29, 1.82) is 0 Å². The number of amides is 2. The number of carbonyl (C=O) groups is 2. The van der Waals surface area contributed by atoms with E-state index in [0.717, 1.165) is 29.5 Å². The fraction of sp³-hybridized carbons (Fsp3) is 0.480. The minimum absolute atomic E-state index is 0.0462. The third-order valence-corrected chi connectivity index (χ3v) is 5.87. The van der Waals surface area contributed by atoms with Crippen LogP contribution in [0.5, 0.6) is 0 Å². The van der Waals surface area contributed by atoms with Gasteiger partial charge >= 0.3 is 0 Å². The monoisotopic (exact) mass is 421 g/mol. The van der Waals surface area contributed by atoms with Crippen LogP contribution >= 0.6 is 0 Å². The van der Waals surface area contributed by atoms with E-state index in [1.807, 2.05) is 51.1 Å². The first-order chi connectivity index (χ1) is 14.8. The van der Waals surface area contributed by atoms with E-state index in [4.69, 9.17) is 4.74 Å². The lowest BCUT2D eigenvalue weighted by Crippen LogP contribution is -2.63. The molecule has 0 bridgehead atoms. The van der Waals surface area contributed by atoms with Crippen LogP contribution in [0.2, 0.25) is 0 Å². The highest BCUT2D eigenvalue weighted by atomic mass is 16.5. The van der Waals surface area contributed by atoms with E-state index in [9.17, 15) is 9.59 Å². The Morgan fingerprint density at radius 3 is 2.58 bits per heavy atom. The number of pyridine rings is 1. The number of ether oxygens (including phenoxy) is 1. The van der Waals surface area contributed by atoms with Crippen molar-refractivity contribution < 1.29 is 14.3 Å². The molecule has 1 aromatic carbocycles. The molecule has 164 valence electrons. The molecule has 1 aromatic heterocycles. The fourth-order valence-corrected chi connectivity index (χ4v) is 4.04. The van der Waals surface area contributed by atoms with Crippen LogP contribution in [0.1, 0.15) is 39.2 Å². The van der Waals surface area contributed by atoms with Gasteiger partial charge in [0.1, 0.15) is 0 Å². The summed E-state index contributed by atoms with van der Waals surface area (Å²) in [4.78, 5) is 32.2. The molecule has 2 amide bonds. The highest BCUT2D eigenvalue weighted by Crippen LogP contribution is 2.30. The molecule has 1 unspecified atom stereocenters. The van der Waals surface area contributed by atoms with Crippen LogP contribution in [0.3, 0.4) is 0 Å². The molecule has 1 saturated carbocycles. The third-order valence-electron chi connectivity index (χ3n) is 5.87. The number of morpholine rings is 1. The maximum atomic E-state index is 13.4. The van der Waals surface area contributed by atoms with Gasteiger partial charge in [-0.25, -0.2) is 0 Å². The SMILES string of the molecule is CC(C)(C)C(=O)N1CCOC(Cc2cccc(-c3ccncc3)c2)(C(=O)NC2CC2)C1. The maximum absolute atomic E-state index is 13.4. The van der Waals surface area contributed by atoms with Gasteiger partial charge in [-0.15, -0.1) is 0 Å². The topological polar surface area (TPSA) is 71.5 Å². The Balaban J connectivity index is 1.63. The Morgan fingerprint density at radius 1 is 1.16 bits per heavy atom. The molecule has 0 radical (unpaired) electrons. The quantitative estimate of drug-likeness (QED) is 0.805. The summed E-state index contributed by atoms with van der Waals surface area (Å²) < 4.78 is 6.18. The Hall–Kier alpha value is -2.73. The molecule has 31 heavy (non-hydrogen) atoms. The predicted octanol–water partition coefficient (Wildman–Crippen LogP) is 3.21. The smallest absolute Gasteiger partial charge is 0.254 e. The molecule has 1 atom stereocenters. The van der Waals surface area contributed by atoms with Crippen molar-refractivity contribution in [3.63, 3.8) is 0 Å². The average molecular weight is 422 g/mol. The highest BCUT2D eigenvalue weighted by molar-refractivity contribution is 5.88. The molecule has 6 nitrogen and oxygen atoms in total. The first kappa shape index (κ1) is 21.5. The third kappa shape index (κ3) is 4.96. The van der Waals surface area contributed by atoms with Crippen molar-refractivity contribution >= 4 is 11.8 Å². The number of rotatable bonds is 5. The van der Waals surface area contributed by atoms with Crippen LogP contribution < -0.4 is 5.32 Å². The lowest BCUT2D eigenvalue weighted by molar-refractivity contribution is -0.169. The molecule has 2 aliphatic rings. The zero-order chi connectivity index (χ0) is 22.1. The second kappa shape index (κ2) is 8.42. The lowest BCUT2D eigenvalue weighted by Gasteiger charge is -2.43. The van der Waals surface area contributed by atoms with Crippen LogP contribution in [0.15, 0.2) is 48.8 Å². The molecular weight excluding hydrogens is 390 g/mol. The molecule has 2 heterocycles. The minimum atomic E-state index is -1.08. The summed E-state index contributed by atoms with van der Waals surface area (Å²) in [5, 5.41) is 3.12. The van der Waals surface area contributed by atoms with Crippen LogP contribution in [0.4, 0.5) is 0 Å². The van der Waals surface area contributed by atoms with Crippen molar-refractivity contribution in [2.75, 3.05) is 19.7 Å². The lowest BCUT2D eigenvalue weighted by atomic mass is 9.88. The van der Waals surface area contributed by atoms with Crippen molar-refractivity contribution in [1.82, 2.24) is 15.2 Å². The van der Waals surface area contributed by atoms with Gasteiger partial charge in [0.15, 0.2) is 5.60 Å². The maximum Gasteiger partial charge on any atom is 0.254 e. The molecule has 2 fully saturated rings. The first-order valence-electron chi connectivity index (χ1n) is 11.0. The molecular formula is C25H31N3O3. The van der Waals surface area contributed by atoms with Gasteiger partial charge in [0.05, 0.1) is 13.2 Å². The molecule has 6 heteroatoms. The van der Waals surface area contributed by atoms with Gasteiger partial charge < -0.3 is 15.0 Å². The Kier molecular flexibility index (Phi) is 5.84. The summed E-state index contributed by atoms with van der Waals surface area (Å²) in [6.07, 6.45) is 5.96. The van der Waals surface area contributed by atoms with E-state index >= 15 is 0 Å². The number of hydrogen-bond donors (Lipinski definition) is 1. The number of aromatic nitrogens is 1. The first-order valence-corrected chi connectivity index (χ1v) is 11.0. The Bertz CT molecular complexity index is 950. The van der Waals surface area contributed by atoms with Gasteiger partial charge in [0.25, 0.3) is 5.91 Å². The van der Waals surface area contributed by atoms with Crippen molar-refractivity contribution in [2.45, 2.75) is 51.7 Å². The van der Waals surface area contributed by atoms with E-state index in [1.165, 1.54) is 0 Å². The predicted molar refractivity (Wildman–Crippen MR) is 119 cm³/mol. The van der Waals surface area contributed by atoms with E-state index in [0.29, 0.717) is 19.6 Å². The summed E-state index contributed by atoms with van der Waals surface area (Å²) in [5.41, 5.74) is 1.56. The fourth-order valence-electron chi connectivity index (χ4n) is 4.04. The summed E-state index contributed by atoms with van der Waals surface area (Å²) in [6, 6.07) is 12.3.